The van der Waals surface area contributed by atoms with Crippen molar-refractivity contribution in [3.8, 4) is 0 Å². The minimum absolute atomic E-state index is 0.0182. The number of amides is 1. The molecule has 0 saturated carbocycles. The van der Waals surface area contributed by atoms with Crippen molar-refractivity contribution >= 4 is 11.9 Å². The van der Waals surface area contributed by atoms with Crippen molar-refractivity contribution in [3.05, 3.63) is 18.0 Å². The number of rotatable bonds is 2. The normalized spacial score (nSPS) is 23.2. The van der Waals surface area contributed by atoms with Gasteiger partial charge in [0.05, 0.1) is 0 Å². The first-order valence-corrected chi connectivity index (χ1v) is 7.85. The first kappa shape index (κ1) is 14.3. The van der Waals surface area contributed by atoms with Gasteiger partial charge in [0, 0.05) is 45.0 Å². The topological polar surface area (TPSA) is 61.4 Å². The van der Waals surface area contributed by atoms with E-state index in [4.69, 9.17) is 0 Å². The number of nitrogens with one attached hydrogen (secondary N) is 1. The van der Waals surface area contributed by atoms with Gasteiger partial charge >= 0.3 is 0 Å². The van der Waals surface area contributed by atoms with E-state index in [1.165, 1.54) is 19.3 Å². The molecule has 0 aromatic carbocycles. The standard InChI is InChI=1S/C15H23N5O/c1-12-11-16-7-10-20(12)14(21)13-5-6-17-15(18-13)19-8-3-2-4-9-19/h5-6,12,16H,2-4,7-11H2,1H3/t12-/m1/s1. The summed E-state index contributed by atoms with van der Waals surface area (Å²) in [4.78, 5) is 25.6. The summed E-state index contributed by atoms with van der Waals surface area (Å²) >= 11 is 0. The number of hydrogen-bond acceptors (Lipinski definition) is 5. The molecule has 2 aliphatic heterocycles. The fourth-order valence-electron chi connectivity index (χ4n) is 3.00. The van der Waals surface area contributed by atoms with Gasteiger partial charge in [0.1, 0.15) is 5.69 Å². The second-order valence-corrected chi connectivity index (χ2v) is 5.84. The summed E-state index contributed by atoms with van der Waals surface area (Å²) in [6.07, 6.45) is 5.33. The van der Waals surface area contributed by atoms with Crippen LogP contribution >= 0.6 is 0 Å². The molecular formula is C15H23N5O. The smallest absolute Gasteiger partial charge is 0.272 e. The Kier molecular flexibility index (Phi) is 4.34. The van der Waals surface area contributed by atoms with E-state index < -0.39 is 0 Å². The zero-order chi connectivity index (χ0) is 14.7. The highest BCUT2D eigenvalue weighted by molar-refractivity contribution is 5.92. The van der Waals surface area contributed by atoms with Crippen LogP contribution in [-0.4, -0.2) is 59.5 Å². The Morgan fingerprint density at radius 3 is 2.86 bits per heavy atom. The van der Waals surface area contributed by atoms with E-state index in [0.717, 1.165) is 32.7 Å². The van der Waals surface area contributed by atoms with Gasteiger partial charge < -0.3 is 15.1 Å². The molecule has 2 saturated heterocycles. The lowest BCUT2D eigenvalue weighted by molar-refractivity contribution is 0.0649. The molecule has 1 aromatic heterocycles. The molecule has 3 rings (SSSR count). The van der Waals surface area contributed by atoms with Gasteiger partial charge in [-0.2, -0.15) is 0 Å². The minimum atomic E-state index is 0.0182. The number of aromatic nitrogens is 2. The van der Waals surface area contributed by atoms with Crippen LogP contribution in [0.4, 0.5) is 5.95 Å². The SMILES string of the molecule is C[C@@H]1CNCCN1C(=O)c1ccnc(N2CCCCC2)n1. The molecule has 6 nitrogen and oxygen atoms in total. The molecule has 114 valence electrons. The lowest BCUT2D eigenvalue weighted by Crippen LogP contribution is -2.52. The van der Waals surface area contributed by atoms with Gasteiger partial charge in [-0.3, -0.25) is 4.79 Å². The molecule has 0 bridgehead atoms. The van der Waals surface area contributed by atoms with Crippen molar-refractivity contribution in [2.75, 3.05) is 37.6 Å². The Hall–Kier alpha value is -1.69. The van der Waals surface area contributed by atoms with Crippen molar-refractivity contribution in [2.45, 2.75) is 32.2 Å². The quantitative estimate of drug-likeness (QED) is 0.876. The van der Waals surface area contributed by atoms with E-state index in [1.54, 1.807) is 12.3 Å². The first-order chi connectivity index (χ1) is 10.3. The van der Waals surface area contributed by atoms with E-state index in [9.17, 15) is 4.79 Å². The monoisotopic (exact) mass is 289 g/mol. The van der Waals surface area contributed by atoms with E-state index >= 15 is 0 Å². The molecule has 0 radical (unpaired) electrons. The number of carbonyl (C=O) groups is 1. The molecule has 2 aliphatic rings. The molecule has 1 atom stereocenters. The fraction of sp³-hybridized carbons (Fsp3) is 0.667. The third-order valence-corrected chi connectivity index (χ3v) is 4.26. The van der Waals surface area contributed by atoms with Crippen LogP contribution in [-0.2, 0) is 0 Å². The maximum absolute atomic E-state index is 12.6. The van der Waals surface area contributed by atoms with Crippen LogP contribution in [0.15, 0.2) is 12.3 Å². The summed E-state index contributed by atoms with van der Waals surface area (Å²) in [6.45, 7) is 6.47. The molecule has 1 aromatic rings. The van der Waals surface area contributed by atoms with Crippen molar-refractivity contribution < 1.29 is 4.79 Å². The lowest BCUT2D eigenvalue weighted by atomic mass is 10.1. The maximum atomic E-state index is 12.6. The summed E-state index contributed by atoms with van der Waals surface area (Å²) in [7, 11) is 0. The van der Waals surface area contributed by atoms with Crippen molar-refractivity contribution in [2.24, 2.45) is 0 Å². The highest BCUT2D eigenvalue weighted by Gasteiger charge is 2.25. The maximum Gasteiger partial charge on any atom is 0.272 e. The summed E-state index contributed by atoms with van der Waals surface area (Å²) < 4.78 is 0. The number of nitrogens with zero attached hydrogens (tertiary/aromatic N) is 4. The minimum Gasteiger partial charge on any atom is -0.341 e. The third-order valence-electron chi connectivity index (χ3n) is 4.26. The zero-order valence-corrected chi connectivity index (χ0v) is 12.6. The van der Waals surface area contributed by atoms with Crippen molar-refractivity contribution in [3.63, 3.8) is 0 Å². The lowest BCUT2D eigenvalue weighted by Gasteiger charge is -2.34. The number of anilines is 1. The molecule has 1 N–H and O–H groups in total. The first-order valence-electron chi connectivity index (χ1n) is 7.85. The average molecular weight is 289 g/mol. The van der Waals surface area contributed by atoms with Crippen molar-refractivity contribution in [1.29, 1.82) is 0 Å². The van der Waals surface area contributed by atoms with E-state index in [-0.39, 0.29) is 11.9 Å². The Morgan fingerprint density at radius 2 is 2.10 bits per heavy atom. The van der Waals surface area contributed by atoms with Crippen molar-refractivity contribution in [1.82, 2.24) is 20.2 Å². The number of piperidine rings is 1. The Morgan fingerprint density at radius 1 is 1.29 bits per heavy atom. The molecule has 2 fully saturated rings. The average Bonchev–Trinajstić information content (AvgIpc) is 2.56. The van der Waals surface area contributed by atoms with Crippen LogP contribution in [0.5, 0.6) is 0 Å². The molecule has 0 unspecified atom stereocenters. The van der Waals surface area contributed by atoms with Crippen LogP contribution in [0.25, 0.3) is 0 Å². The van der Waals surface area contributed by atoms with E-state index in [0.29, 0.717) is 11.6 Å². The van der Waals surface area contributed by atoms with Gasteiger partial charge in [-0.05, 0) is 32.3 Å². The Labute approximate surface area is 125 Å². The molecular weight excluding hydrogens is 266 g/mol. The van der Waals surface area contributed by atoms with Crippen LogP contribution in [0, 0.1) is 0 Å². The highest BCUT2D eigenvalue weighted by Crippen LogP contribution is 2.16. The molecule has 6 heteroatoms. The summed E-state index contributed by atoms with van der Waals surface area (Å²) in [5, 5.41) is 3.30. The summed E-state index contributed by atoms with van der Waals surface area (Å²) in [6, 6.07) is 1.93. The third kappa shape index (κ3) is 3.15. The fourth-order valence-corrected chi connectivity index (χ4v) is 3.00. The van der Waals surface area contributed by atoms with Gasteiger partial charge in [-0.25, -0.2) is 9.97 Å². The van der Waals surface area contributed by atoms with Gasteiger partial charge in [0.15, 0.2) is 0 Å². The molecule has 21 heavy (non-hydrogen) atoms. The van der Waals surface area contributed by atoms with Gasteiger partial charge in [-0.1, -0.05) is 0 Å². The molecule has 0 aliphatic carbocycles. The summed E-state index contributed by atoms with van der Waals surface area (Å²) in [5.41, 5.74) is 0.513. The van der Waals surface area contributed by atoms with Crippen LogP contribution in [0.3, 0.4) is 0 Å². The Balaban J connectivity index is 1.76. The zero-order valence-electron chi connectivity index (χ0n) is 12.6. The predicted molar refractivity (Wildman–Crippen MR) is 81.5 cm³/mol. The van der Waals surface area contributed by atoms with E-state index in [1.807, 2.05) is 4.90 Å². The Bertz CT molecular complexity index is 501. The molecule has 1 amide bonds. The number of hydrogen-bond donors (Lipinski definition) is 1. The van der Waals surface area contributed by atoms with Gasteiger partial charge in [-0.15, -0.1) is 0 Å². The second-order valence-electron chi connectivity index (χ2n) is 5.84. The summed E-state index contributed by atoms with van der Waals surface area (Å²) in [5.74, 6) is 0.716. The van der Waals surface area contributed by atoms with Crippen LogP contribution in [0.1, 0.15) is 36.7 Å². The van der Waals surface area contributed by atoms with Crippen LogP contribution < -0.4 is 10.2 Å². The largest absolute Gasteiger partial charge is 0.341 e. The van der Waals surface area contributed by atoms with Crippen LogP contribution in [0.2, 0.25) is 0 Å². The molecule has 0 spiro atoms. The second kappa shape index (κ2) is 6.39. The number of piperazine rings is 1. The highest BCUT2D eigenvalue weighted by atomic mass is 16.2. The predicted octanol–water partition coefficient (Wildman–Crippen LogP) is 0.901. The number of carbonyl (C=O) groups excluding carboxylic acids is 1. The van der Waals surface area contributed by atoms with E-state index in [2.05, 4.69) is 27.1 Å². The molecule has 3 heterocycles. The van der Waals surface area contributed by atoms with Gasteiger partial charge in [0.2, 0.25) is 5.95 Å². The van der Waals surface area contributed by atoms with Gasteiger partial charge in [0.25, 0.3) is 5.91 Å².